The molecule has 23 heavy (non-hydrogen) atoms. The lowest BCUT2D eigenvalue weighted by molar-refractivity contribution is -0.115. The zero-order chi connectivity index (χ0) is 16.7. The summed E-state index contributed by atoms with van der Waals surface area (Å²) in [5.74, 6) is -0.247. The molecule has 3 nitrogen and oxygen atoms in total. The van der Waals surface area contributed by atoms with Gasteiger partial charge in [-0.3, -0.25) is 10.1 Å². The van der Waals surface area contributed by atoms with Crippen LogP contribution in [-0.4, -0.2) is 11.0 Å². The fourth-order valence-corrected chi connectivity index (χ4v) is 2.34. The molecule has 0 bridgehead atoms. The molecule has 0 saturated carbocycles. The number of nitrogens with one attached hydrogen (secondary N) is 2. The summed E-state index contributed by atoms with van der Waals surface area (Å²) in [6, 6.07) is 17.9. The van der Waals surface area contributed by atoms with Gasteiger partial charge in [-0.05, 0) is 43.3 Å². The van der Waals surface area contributed by atoms with Crippen LogP contribution in [0.1, 0.15) is 29.7 Å². The Morgan fingerprint density at radius 1 is 1.09 bits per heavy atom. The molecule has 118 valence electrons. The van der Waals surface area contributed by atoms with Gasteiger partial charge in [-0.15, -0.1) is 0 Å². The molecule has 0 fully saturated rings. The summed E-state index contributed by atoms with van der Waals surface area (Å²) < 4.78 is 0. The zero-order valence-electron chi connectivity index (χ0n) is 13.2. The van der Waals surface area contributed by atoms with Crippen LogP contribution in [0.5, 0.6) is 0 Å². The number of amides is 1. The van der Waals surface area contributed by atoms with E-state index in [-0.39, 0.29) is 11.9 Å². The van der Waals surface area contributed by atoms with Gasteiger partial charge in [0.25, 0.3) is 0 Å². The first-order chi connectivity index (χ1) is 11.0. The number of benzene rings is 2. The highest BCUT2D eigenvalue weighted by Crippen LogP contribution is 2.10. The van der Waals surface area contributed by atoms with Crippen molar-refractivity contribution in [2.75, 3.05) is 0 Å². The van der Waals surface area contributed by atoms with Crippen LogP contribution in [-0.2, 0) is 4.79 Å². The van der Waals surface area contributed by atoms with Crippen molar-refractivity contribution in [1.82, 2.24) is 10.6 Å². The van der Waals surface area contributed by atoms with Crippen LogP contribution in [0, 0.1) is 6.92 Å². The number of thiocarbonyl (C=S) groups is 1. The van der Waals surface area contributed by atoms with Crippen molar-refractivity contribution in [2.24, 2.45) is 0 Å². The van der Waals surface area contributed by atoms with Crippen molar-refractivity contribution in [3.05, 3.63) is 77.4 Å². The SMILES string of the molecule is Cc1ccc(/C=C/C(=O)NC(=S)NC(C)c2ccccc2)cc1. The smallest absolute Gasteiger partial charge is 0.250 e. The number of hydrogen-bond acceptors (Lipinski definition) is 2. The van der Waals surface area contributed by atoms with Gasteiger partial charge in [0.05, 0.1) is 6.04 Å². The summed E-state index contributed by atoms with van der Waals surface area (Å²) in [4.78, 5) is 11.9. The third-order valence-electron chi connectivity index (χ3n) is 3.39. The predicted octanol–water partition coefficient (Wildman–Crippen LogP) is 3.76. The van der Waals surface area contributed by atoms with Gasteiger partial charge in [0, 0.05) is 6.08 Å². The molecule has 2 aromatic rings. The molecule has 0 saturated heterocycles. The first-order valence-corrected chi connectivity index (χ1v) is 7.86. The van der Waals surface area contributed by atoms with Crippen molar-refractivity contribution in [3.63, 3.8) is 0 Å². The summed E-state index contributed by atoms with van der Waals surface area (Å²) in [6.45, 7) is 4.02. The maximum Gasteiger partial charge on any atom is 0.250 e. The maximum atomic E-state index is 11.9. The maximum absolute atomic E-state index is 11.9. The minimum atomic E-state index is -0.247. The Balaban J connectivity index is 1.85. The standard InChI is InChI=1S/C19H20N2OS/c1-14-8-10-16(11-9-14)12-13-18(22)21-19(23)20-15(2)17-6-4-3-5-7-17/h3-13,15H,1-2H3,(H2,20,21,22,23)/b13-12+. The monoisotopic (exact) mass is 324 g/mol. The topological polar surface area (TPSA) is 41.1 Å². The van der Waals surface area contributed by atoms with Crippen molar-refractivity contribution < 1.29 is 4.79 Å². The summed E-state index contributed by atoms with van der Waals surface area (Å²) in [5.41, 5.74) is 3.27. The van der Waals surface area contributed by atoms with Gasteiger partial charge in [-0.25, -0.2) is 0 Å². The molecular formula is C19H20N2OS. The Labute approximate surface area is 142 Å². The number of aryl methyl sites for hydroxylation is 1. The second-order valence-electron chi connectivity index (χ2n) is 5.34. The minimum absolute atomic E-state index is 0.0325. The van der Waals surface area contributed by atoms with Gasteiger partial charge >= 0.3 is 0 Å². The van der Waals surface area contributed by atoms with E-state index in [2.05, 4.69) is 10.6 Å². The lowest BCUT2D eigenvalue weighted by atomic mass is 10.1. The average Bonchev–Trinajstić information content (AvgIpc) is 2.55. The largest absolute Gasteiger partial charge is 0.356 e. The molecule has 0 spiro atoms. The van der Waals surface area contributed by atoms with Crippen molar-refractivity contribution in [2.45, 2.75) is 19.9 Å². The predicted molar refractivity (Wildman–Crippen MR) is 98.9 cm³/mol. The van der Waals surface area contributed by atoms with E-state index < -0.39 is 0 Å². The van der Waals surface area contributed by atoms with Crippen LogP contribution in [0.15, 0.2) is 60.7 Å². The Morgan fingerprint density at radius 2 is 1.74 bits per heavy atom. The van der Waals surface area contributed by atoms with E-state index in [9.17, 15) is 4.79 Å². The van der Waals surface area contributed by atoms with E-state index in [0.717, 1.165) is 11.1 Å². The van der Waals surface area contributed by atoms with Crippen LogP contribution >= 0.6 is 12.2 Å². The quantitative estimate of drug-likeness (QED) is 0.664. The van der Waals surface area contributed by atoms with Gasteiger partial charge in [0.1, 0.15) is 0 Å². The molecule has 4 heteroatoms. The number of rotatable bonds is 4. The highest BCUT2D eigenvalue weighted by Gasteiger charge is 2.07. The van der Waals surface area contributed by atoms with Crippen molar-refractivity contribution >= 4 is 29.3 Å². The third-order valence-corrected chi connectivity index (χ3v) is 3.61. The Kier molecular flexibility index (Phi) is 6.06. The molecule has 0 heterocycles. The number of hydrogen-bond donors (Lipinski definition) is 2. The van der Waals surface area contributed by atoms with Crippen LogP contribution in [0.4, 0.5) is 0 Å². The van der Waals surface area contributed by atoms with Gasteiger partial charge < -0.3 is 5.32 Å². The fraction of sp³-hybridized carbons (Fsp3) is 0.158. The highest BCUT2D eigenvalue weighted by molar-refractivity contribution is 7.80. The summed E-state index contributed by atoms with van der Waals surface area (Å²) in [5, 5.41) is 6.07. The van der Waals surface area contributed by atoms with Crippen LogP contribution in [0.2, 0.25) is 0 Å². The average molecular weight is 324 g/mol. The molecule has 2 N–H and O–H groups in total. The van der Waals surface area contributed by atoms with Gasteiger partial charge in [-0.2, -0.15) is 0 Å². The van der Waals surface area contributed by atoms with E-state index in [4.69, 9.17) is 12.2 Å². The molecule has 2 rings (SSSR count). The van der Waals surface area contributed by atoms with E-state index in [1.54, 1.807) is 6.08 Å². The van der Waals surface area contributed by atoms with Crippen LogP contribution < -0.4 is 10.6 Å². The first kappa shape index (κ1) is 16.9. The second-order valence-corrected chi connectivity index (χ2v) is 5.75. The molecule has 1 unspecified atom stereocenters. The number of carbonyl (C=O) groups is 1. The third kappa shape index (κ3) is 5.68. The molecule has 1 amide bonds. The molecule has 2 aromatic carbocycles. The Hall–Kier alpha value is -2.46. The Morgan fingerprint density at radius 3 is 2.39 bits per heavy atom. The van der Waals surface area contributed by atoms with Gasteiger partial charge in [0.15, 0.2) is 5.11 Å². The molecule has 0 radical (unpaired) electrons. The summed E-state index contributed by atoms with van der Waals surface area (Å²) in [7, 11) is 0. The van der Waals surface area contributed by atoms with E-state index in [1.165, 1.54) is 11.6 Å². The minimum Gasteiger partial charge on any atom is -0.356 e. The lowest BCUT2D eigenvalue weighted by Gasteiger charge is -2.16. The molecule has 0 aromatic heterocycles. The van der Waals surface area contributed by atoms with Crippen LogP contribution in [0.25, 0.3) is 6.08 Å². The van der Waals surface area contributed by atoms with Gasteiger partial charge in [-0.1, -0.05) is 60.2 Å². The highest BCUT2D eigenvalue weighted by atomic mass is 32.1. The van der Waals surface area contributed by atoms with Crippen molar-refractivity contribution in [3.8, 4) is 0 Å². The zero-order valence-corrected chi connectivity index (χ0v) is 14.1. The normalized spacial score (nSPS) is 11.9. The molecule has 0 aliphatic rings. The second kappa shape index (κ2) is 8.25. The lowest BCUT2D eigenvalue weighted by Crippen LogP contribution is -2.39. The molecular weight excluding hydrogens is 304 g/mol. The molecule has 1 atom stereocenters. The van der Waals surface area contributed by atoms with Crippen molar-refractivity contribution in [1.29, 1.82) is 0 Å². The summed E-state index contributed by atoms with van der Waals surface area (Å²) >= 11 is 5.18. The van der Waals surface area contributed by atoms with E-state index in [0.29, 0.717) is 5.11 Å². The number of carbonyl (C=O) groups excluding carboxylic acids is 1. The van der Waals surface area contributed by atoms with E-state index in [1.807, 2.05) is 68.4 Å². The van der Waals surface area contributed by atoms with E-state index >= 15 is 0 Å². The first-order valence-electron chi connectivity index (χ1n) is 7.46. The van der Waals surface area contributed by atoms with Gasteiger partial charge in [0.2, 0.25) is 5.91 Å². The molecule has 0 aliphatic carbocycles. The molecule has 0 aliphatic heterocycles. The summed E-state index contributed by atoms with van der Waals surface area (Å²) in [6.07, 6.45) is 3.24. The Bertz CT molecular complexity index is 693. The fourth-order valence-electron chi connectivity index (χ4n) is 2.06. The van der Waals surface area contributed by atoms with Crippen LogP contribution in [0.3, 0.4) is 0 Å².